The van der Waals surface area contributed by atoms with Gasteiger partial charge in [-0.15, -0.1) is 0 Å². The van der Waals surface area contributed by atoms with Crippen LogP contribution in [0.1, 0.15) is 17.6 Å². The second-order valence-corrected chi connectivity index (χ2v) is 8.90. The highest BCUT2D eigenvalue weighted by Gasteiger charge is 2.58. The number of piperidine rings is 1. The van der Waals surface area contributed by atoms with Gasteiger partial charge in [0.1, 0.15) is 12.9 Å². The summed E-state index contributed by atoms with van der Waals surface area (Å²) in [5.74, 6) is 2.48. The molecule has 10 heteroatoms. The van der Waals surface area contributed by atoms with Crippen LogP contribution < -0.4 is 10.5 Å². The molecule has 5 heterocycles. The van der Waals surface area contributed by atoms with Gasteiger partial charge < -0.3 is 14.0 Å². The molecule has 1 saturated carbocycles. The summed E-state index contributed by atoms with van der Waals surface area (Å²) in [6.07, 6.45) is 5.01. The Hall–Kier alpha value is -4.08. The molecule has 0 bridgehead atoms. The van der Waals surface area contributed by atoms with E-state index < -0.39 is 0 Å². The van der Waals surface area contributed by atoms with Gasteiger partial charge in [-0.05, 0) is 24.0 Å². The lowest BCUT2D eigenvalue weighted by Crippen LogP contribution is -2.24. The van der Waals surface area contributed by atoms with Crippen molar-refractivity contribution in [2.24, 2.45) is 18.9 Å². The van der Waals surface area contributed by atoms with Crippen molar-refractivity contribution in [3.63, 3.8) is 0 Å². The monoisotopic (exact) mass is 440 g/mol. The Labute approximate surface area is 187 Å². The Bertz CT molecular complexity index is 1570. The first-order chi connectivity index (χ1) is 16.2. The lowest BCUT2D eigenvalue weighted by Gasteiger charge is -2.21. The predicted octanol–water partition coefficient (Wildman–Crippen LogP) is 1.96. The number of anilines is 1. The van der Waals surface area contributed by atoms with Crippen molar-refractivity contribution in [1.82, 2.24) is 34.2 Å². The second-order valence-electron chi connectivity index (χ2n) is 8.90. The third-order valence-electron chi connectivity index (χ3n) is 6.92. The zero-order valence-electron chi connectivity index (χ0n) is 17.9. The average Bonchev–Trinajstić information content (AvgIpc) is 3.24. The SMILES string of the molecule is Cn1cnc2ncn(Cc3nc([C@@H]4[C@@H]5CN(c6cnc7ccccc7c6)C[C@@H]54)no3)c(=O)c21. The summed E-state index contributed by atoms with van der Waals surface area (Å²) in [5.41, 5.74) is 2.88. The Kier molecular flexibility index (Phi) is 3.76. The number of para-hydroxylation sites is 1. The van der Waals surface area contributed by atoms with Gasteiger partial charge in [0.2, 0.25) is 5.89 Å². The van der Waals surface area contributed by atoms with Gasteiger partial charge in [-0.3, -0.25) is 14.3 Å². The van der Waals surface area contributed by atoms with Crippen LogP contribution in [-0.4, -0.2) is 47.3 Å². The van der Waals surface area contributed by atoms with Gasteiger partial charge >= 0.3 is 0 Å². The van der Waals surface area contributed by atoms with Gasteiger partial charge in [0.05, 0.1) is 23.7 Å². The summed E-state index contributed by atoms with van der Waals surface area (Å²) in [6, 6.07) is 10.4. The van der Waals surface area contributed by atoms with Crippen LogP contribution in [0.2, 0.25) is 0 Å². The number of hydrogen-bond acceptors (Lipinski definition) is 8. The first-order valence-electron chi connectivity index (χ1n) is 10.9. The van der Waals surface area contributed by atoms with Crippen molar-refractivity contribution in [1.29, 1.82) is 0 Å². The van der Waals surface area contributed by atoms with Crippen LogP contribution >= 0.6 is 0 Å². The maximum absolute atomic E-state index is 12.7. The number of aryl methyl sites for hydroxylation is 1. The molecule has 0 N–H and O–H groups in total. The highest BCUT2D eigenvalue weighted by atomic mass is 16.5. The first-order valence-corrected chi connectivity index (χ1v) is 10.9. The maximum atomic E-state index is 12.7. The van der Waals surface area contributed by atoms with Gasteiger partial charge in [0, 0.05) is 31.4 Å². The minimum Gasteiger partial charge on any atom is -0.370 e. The molecule has 2 aliphatic rings. The fraction of sp³-hybridized carbons (Fsp3) is 0.304. The van der Waals surface area contributed by atoms with Gasteiger partial charge in [-0.1, -0.05) is 23.4 Å². The minimum atomic E-state index is -0.178. The predicted molar refractivity (Wildman–Crippen MR) is 120 cm³/mol. The van der Waals surface area contributed by atoms with Crippen molar-refractivity contribution in [2.75, 3.05) is 18.0 Å². The Morgan fingerprint density at radius 3 is 2.79 bits per heavy atom. The molecule has 4 aromatic heterocycles. The topological polar surface area (TPSA) is 108 Å². The average molecular weight is 440 g/mol. The van der Waals surface area contributed by atoms with Crippen LogP contribution in [0.5, 0.6) is 0 Å². The zero-order valence-corrected chi connectivity index (χ0v) is 17.9. The van der Waals surface area contributed by atoms with Crippen molar-refractivity contribution >= 4 is 27.8 Å². The number of benzene rings is 1. The van der Waals surface area contributed by atoms with E-state index >= 15 is 0 Å². The van der Waals surface area contributed by atoms with E-state index in [1.54, 1.807) is 17.9 Å². The van der Waals surface area contributed by atoms with Crippen LogP contribution in [0.3, 0.4) is 0 Å². The Morgan fingerprint density at radius 2 is 1.91 bits per heavy atom. The first kappa shape index (κ1) is 18.5. The second kappa shape index (κ2) is 6.71. The van der Waals surface area contributed by atoms with E-state index in [1.807, 2.05) is 24.4 Å². The number of rotatable bonds is 4. The number of nitrogens with zero attached hydrogens (tertiary/aromatic N) is 8. The normalized spacial score (nSPS) is 21.7. The van der Waals surface area contributed by atoms with Crippen LogP contribution in [-0.2, 0) is 13.6 Å². The quantitative estimate of drug-likeness (QED) is 0.417. The molecule has 3 atom stereocenters. The molecule has 1 aliphatic carbocycles. The molecule has 1 aliphatic heterocycles. The molecule has 164 valence electrons. The highest BCUT2D eigenvalue weighted by Crippen LogP contribution is 2.57. The summed E-state index contributed by atoms with van der Waals surface area (Å²) in [4.78, 5) is 32.7. The Balaban J connectivity index is 1.06. The molecule has 0 unspecified atom stereocenters. The Morgan fingerprint density at radius 1 is 1.09 bits per heavy atom. The van der Waals surface area contributed by atoms with E-state index in [0.717, 1.165) is 35.5 Å². The number of aromatic nitrogens is 7. The lowest BCUT2D eigenvalue weighted by atomic mass is 10.2. The van der Waals surface area contributed by atoms with Crippen LogP contribution in [0.4, 0.5) is 5.69 Å². The maximum Gasteiger partial charge on any atom is 0.280 e. The van der Waals surface area contributed by atoms with Gasteiger partial charge in [0.15, 0.2) is 17.0 Å². The largest absolute Gasteiger partial charge is 0.370 e. The summed E-state index contributed by atoms with van der Waals surface area (Å²) in [6.45, 7) is 2.11. The fourth-order valence-electron chi connectivity index (χ4n) is 5.15. The molecule has 1 aromatic carbocycles. The van der Waals surface area contributed by atoms with Gasteiger partial charge in [0.25, 0.3) is 5.56 Å². The number of fused-ring (bicyclic) bond motifs is 3. The van der Waals surface area contributed by atoms with E-state index in [2.05, 4.69) is 42.1 Å². The molecule has 33 heavy (non-hydrogen) atoms. The van der Waals surface area contributed by atoms with Crippen molar-refractivity contribution in [2.45, 2.75) is 12.5 Å². The third-order valence-corrected chi connectivity index (χ3v) is 6.92. The molecule has 0 amide bonds. The van der Waals surface area contributed by atoms with Gasteiger partial charge in [-0.2, -0.15) is 4.98 Å². The molecule has 7 rings (SSSR count). The van der Waals surface area contributed by atoms with Gasteiger partial charge in [-0.25, -0.2) is 9.97 Å². The zero-order chi connectivity index (χ0) is 22.1. The molecule has 0 spiro atoms. The highest BCUT2D eigenvalue weighted by molar-refractivity contribution is 5.81. The van der Waals surface area contributed by atoms with Crippen LogP contribution in [0.15, 0.2) is 58.5 Å². The summed E-state index contributed by atoms with van der Waals surface area (Å²) in [5, 5.41) is 5.38. The van der Waals surface area contributed by atoms with Crippen molar-refractivity contribution in [3.8, 4) is 0 Å². The van der Waals surface area contributed by atoms with E-state index in [4.69, 9.17) is 4.52 Å². The molecule has 10 nitrogen and oxygen atoms in total. The van der Waals surface area contributed by atoms with E-state index in [0.29, 0.717) is 34.8 Å². The third kappa shape index (κ3) is 2.86. The van der Waals surface area contributed by atoms with E-state index in [9.17, 15) is 4.79 Å². The smallest absolute Gasteiger partial charge is 0.280 e. The number of pyridine rings is 1. The lowest BCUT2D eigenvalue weighted by molar-refractivity contribution is 0.363. The summed E-state index contributed by atoms with van der Waals surface area (Å²) >= 11 is 0. The molecule has 1 saturated heterocycles. The van der Waals surface area contributed by atoms with Crippen molar-refractivity contribution < 1.29 is 4.52 Å². The fourth-order valence-corrected chi connectivity index (χ4v) is 5.15. The molecule has 0 radical (unpaired) electrons. The molecule has 5 aromatic rings. The van der Waals surface area contributed by atoms with E-state index in [1.165, 1.54) is 10.9 Å². The number of imidazole rings is 1. The van der Waals surface area contributed by atoms with E-state index in [-0.39, 0.29) is 12.1 Å². The van der Waals surface area contributed by atoms with Crippen LogP contribution in [0.25, 0.3) is 22.1 Å². The molecular weight excluding hydrogens is 420 g/mol. The number of hydrogen-bond donors (Lipinski definition) is 0. The van der Waals surface area contributed by atoms with Crippen molar-refractivity contribution in [3.05, 3.63) is 71.3 Å². The molecular formula is C23H20N8O2. The molecule has 2 fully saturated rings. The van der Waals surface area contributed by atoms with Crippen LogP contribution in [0, 0.1) is 11.8 Å². The summed E-state index contributed by atoms with van der Waals surface area (Å²) in [7, 11) is 1.77. The summed E-state index contributed by atoms with van der Waals surface area (Å²) < 4.78 is 8.62. The standard InChI is InChI=1S/C23H20N8O2/c1-29-11-25-22-20(29)23(32)31(12-26-22)10-18-27-21(28-33-18)19-15-8-30(9-16(15)19)14-6-13-4-2-3-5-17(13)24-7-14/h2-7,11-12,15-16,19H,8-10H2,1H3/t15-,16+,19-. The minimum absolute atomic E-state index is 0.178.